The van der Waals surface area contributed by atoms with Crippen molar-refractivity contribution in [3.63, 3.8) is 0 Å². The molecule has 19 heavy (non-hydrogen) atoms. The standard InChI is InChI=1S/C14H9F3N2/c15-14(16,17)11-3-1-9(2-4-11)12-13-10(5-7-18-12)6-8-19-13/h1-8,19H. The van der Waals surface area contributed by atoms with Gasteiger partial charge in [-0.25, -0.2) is 0 Å². The van der Waals surface area contributed by atoms with E-state index in [4.69, 9.17) is 0 Å². The normalized spacial score (nSPS) is 11.9. The smallest absolute Gasteiger partial charge is 0.359 e. The van der Waals surface area contributed by atoms with Crippen molar-refractivity contribution in [3.8, 4) is 11.3 Å². The van der Waals surface area contributed by atoms with Gasteiger partial charge in [-0.15, -0.1) is 0 Å². The largest absolute Gasteiger partial charge is 0.416 e. The maximum atomic E-state index is 12.5. The predicted octanol–water partition coefficient (Wildman–Crippen LogP) is 4.25. The number of H-pyrrole nitrogens is 1. The molecule has 0 atom stereocenters. The monoisotopic (exact) mass is 262 g/mol. The summed E-state index contributed by atoms with van der Waals surface area (Å²) in [6, 6.07) is 8.75. The zero-order valence-corrected chi connectivity index (χ0v) is 9.70. The molecule has 3 aromatic rings. The molecule has 0 saturated heterocycles. The van der Waals surface area contributed by atoms with Crippen molar-refractivity contribution in [1.29, 1.82) is 0 Å². The minimum atomic E-state index is -4.32. The first kappa shape index (κ1) is 11.8. The number of nitrogens with zero attached hydrogens (tertiary/aromatic N) is 1. The molecule has 2 aromatic heterocycles. The molecule has 0 aliphatic rings. The van der Waals surface area contributed by atoms with Crippen molar-refractivity contribution in [1.82, 2.24) is 9.97 Å². The minimum Gasteiger partial charge on any atom is -0.359 e. The van der Waals surface area contributed by atoms with Crippen LogP contribution in [-0.4, -0.2) is 9.97 Å². The van der Waals surface area contributed by atoms with Gasteiger partial charge >= 0.3 is 6.18 Å². The highest BCUT2D eigenvalue weighted by molar-refractivity contribution is 5.91. The molecule has 0 aliphatic carbocycles. The van der Waals surface area contributed by atoms with E-state index in [-0.39, 0.29) is 0 Å². The summed E-state index contributed by atoms with van der Waals surface area (Å²) in [6.07, 6.45) is -0.895. The zero-order chi connectivity index (χ0) is 13.5. The quantitative estimate of drug-likeness (QED) is 0.697. The van der Waals surface area contributed by atoms with Gasteiger partial charge in [0.05, 0.1) is 16.8 Å². The Hall–Kier alpha value is -2.30. The number of aromatic amines is 1. The van der Waals surface area contributed by atoms with Crippen molar-refractivity contribution < 1.29 is 13.2 Å². The SMILES string of the molecule is FC(F)(F)c1ccc(-c2nccc3cc[nH]c23)cc1. The summed E-state index contributed by atoms with van der Waals surface area (Å²) in [5.74, 6) is 0. The molecule has 0 amide bonds. The Bertz CT molecular complexity index is 711. The number of nitrogens with one attached hydrogen (secondary N) is 1. The molecule has 1 aromatic carbocycles. The van der Waals surface area contributed by atoms with Gasteiger partial charge in [-0.1, -0.05) is 12.1 Å². The van der Waals surface area contributed by atoms with Crippen molar-refractivity contribution in [2.24, 2.45) is 0 Å². The number of aromatic nitrogens is 2. The van der Waals surface area contributed by atoms with Crippen LogP contribution in [0.25, 0.3) is 22.2 Å². The summed E-state index contributed by atoms with van der Waals surface area (Å²) in [5, 5.41) is 0.977. The van der Waals surface area contributed by atoms with Gasteiger partial charge in [0, 0.05) is 23.3 Å². The van der Waals surface area contributed by atoms with Gasteiger partial charge in [-0.3, -0.25) is 4.98 Å². The minimum absolute atomic E-state index is 0.649. The number of rotatable bonds is 1. The van der Waals surface area contributed by atoms with E-state index in [1.54, 1.807) is 12.4 Å². The average molecular weight is 262 g/mol. The van der Waals surface area contributed by atoms with E-state index in [1.807, 2.05) is 12.1 Å². The molecule has 0 aliphatic heterocycles. The maximum Gasteiger partial charge on any atom is 0.416 e. The van der Waals surface area contributed by atoms with Crippen LogP contribution in [0.1, 0.15) is 5.56 Å². The first-order valence-corrected chi connectivity index (χ1v) is 5.65. The van der Waals surface area contributed by atoms with E-state index in [9.17, 15) is 13.2 Å². The van der Waals surface area contributed by atoms with Crippen molar-refractivity contribution >= 4 is 10.9 Å². The van der Waals surface area contributed by atoms with Gasteiger partial charge in [0.15, 0.2) is 0 Å². The number of pyridine rings is 1. The van der Waals surface area contributed by atoms with Crippen LogP contribution in [0.15, 0.2) is 48.8 Å². The Morgan fingerprint density at radius 1 is 0.947 bits per heavy atom. The Balaban J connectivity index is 2.10. The van der Waals surface area contributed by atoms with E-state index in [0.29, 0.717) is 11.3 Å². The third-order valence-corrected chi connectivity index (χ3v) is 2.96. The molecule has 5 heteroatoms. The highest BCUT2D eigenvalue weighted by atomic mass is 19.4. The van der Waals surface area contributed by atoms with Crippen LogP contribution in [0.5, 0.6) is 0 Å². The highest BCUT2D eigenvalue weighted by Gasteiger charge is 2.30. The second kappa shape index (κ2) is 4.12. The van der Waals surface area contributed by atoms with Crippen molar-refractivity contribution in [3.05, 3.63) is 54.4 Å². The number of benzene rings is 1. The Labute approximate surface area is 106 Å². The van der Waals surface area contributed by atoms with E-state index < -0.39 is 11.7 Å². The summed E-state index contributed by atoms with van der Waals surface area (Å²) in [7, 11) is 0. The molecule has 3 rings (SSSR count). The van der Waals surface area contributed by atoms with E-state index in [2.05, 4.69) is 9.97 Å². The molecule has 1 N–H and O–H groups in total. The lowest BCUT2D eigenvalue weighted by atomic mass is 10.1. The van der Waals surface area contributed by atoms with E-state index in [0.717, 1.165) is 23.0 Å². The van der Waals surface area contributed by atoms with Crippen molar-refractivity contribution in [2.75, 3.05) is 0 Å². The molecule has 0 saturated carbocycles. The second-order valence-electron chi connectivity index (χ2n) is 4.18. The first-order valence-electron chi connectivity index (χ1n) is 5.65. The number of alkyl halides is 3. The lowest BCUT2D eigenvalue weighted by Crippen LogP contribution is -2.04. The van der Waals surface area contributed by atoms with Crippen LogP contribution in [0.2, 0.25) is 0 Å². The fourth-order valence-electron chi connectivity index (χ4n) is 2.02. The molecule has 0 spiro atoms. The molecular formula is C14H9F3N2. The Kier molecular flexibility index (Phi) is 2.55. The van der Waals surface area contributed by atoms with Crippen LogP contribution in [0, 0.1) is 0 Å². The Morgan fingerprint density at radius 2 is 1.68 bits per heavy atom. The lowest BCUT2D eigenvalue weighted by Gasteiger charge is -2.07. The van der Waals surface area contributed by atoms with Crippen molar-refractivity contribution in [2.45, 2.75) is 6.18 Å². The number of hydrogen-bond acceptors (Lipinski definition) is 1. The molecule has 2 heterocycles. The predicted molar refractivity (Wildman–Crippen MR) is 66.5 cm³/mol. The number of hydrogen-bond donors (Lipinski definition) is 1. The molecule has 0 bridgehead atoms. The van der Waals surface area contributed by atoms with Crippen LogP contribution in [0.3, 0.4) is 0 Å². The molecule has 96 valence electrons. The highest BCUT2D eigenvalue weighted by Crippen LogP contribution is 2.31. The summed E-state index contributed by atoms with van der Waals surface area (Å²) >= 11 is 0. The topological polar surface area (TPSA) is 28.7 Å². The number of halogens is 3. The molecule has 0 unspecified atom stereocenters. The average Bonchev–Trinajstić information content (AvgIpc) is 2.86. The summed E-state index contributed by atoms with van der Waals surface area (Å²) in [6.45, 7) is 0. The first-order chi connectivity index (χ1) is 9.05. The summed E-state index contributed by atoms with van der Waals surface area (Å²) in [5.41, 5.74) is 1.47. The summed E-state index contributed by atoms with van der Waals surface area (Å²) in [4.78, 5) is 7.28. The van der Waals surface area contributed by atoms with Gasteiger partial charge < -0.3 is 4.98 Å². The third-order valence-electron chi connectivity index (χ3n) is 2.96. The van der Waals surface area contributed by atoms with Gasteiger partial charge in [-0.05, 0) is 24.3 Å². The molecular weight excluding hydrogens is 253 g/mol. The van der Waals surface area contributed by atoms with Gasteiger partial charge in [0.2, 0.25) is 0 Å². The third kappa shape index (κ3) is 2.07. The lowest BCUT2D eigenvalue weighted by molar-refractivity contribution is -0.137. The van der Waals surface area contributed by atoms with Gasteiger partial charge in [0.25, 0.3) is 0 Å². The van der Waals surface area contributed by atoms with Crippen LogP contribution >= 0.6 is 0 Å². The molecule has 0 radical (unpaired) electrons. The Morgan fingerprint density at radius 3 is 2.37 bits per heavy atom. The zero-order valence-electron chi connectivity index (χ0n) is 9.70. The van der Waals surface area contributed by atoms with Gasteiger partial charge in [0.1, 0.15) is 0 Å². The molecule has 0 fully saturated rings. The van der Waals surface area contributed by atoms with Crippen LogP contribution in [-0.2, 0) is 6.18 Å². The van der Waals surface area contributed by atoms with Crippen LogP contribution in [0.4, 0.5) is 13.2 Å². The second-order valence-corrected chi connectivity index (χ2v) is 4.18. The maximum absolute atomic E-state index is 12.5. The summed E-state index contributed by atoms with van der Waals surface area (Å²) < 4.78 is 37.5. The van der Waals surface area contributed by atoms with E-state index in [1.165, 1.54) is 12.1 Å². The van der Waals surface area contributed by atoms with E-state index >= 15 is 0 Å². The van der Waals surface area contributed by atoms with Crippen LogP contribution < -0.4 is 0 Å². The van der Waals surface area contributed by atoms with Gasteiger partial charge in [-0.2, -0.15) is 13.2 Å². The molecule has 2 nitrogen and oxygen atoms in total. The fourth-order valence-corrected chi connectivity index (χ4v) is 2.02. The number of fused-ring (bicyclic) bond motifs is 1. The fraction of sp³-hybridized carbons (Fsp3) is 0.0714.